The van der Waals surface area contributed by atoms with Gasteiger partial charge in [-0.25, -0.2) is 0 Å². The normalized spacial score (nSPS) is 11.5. The van der Waals surface area contributed by atoms with Crippen LogP contribution in [0.15, 0.2) is 58.7 Å². The van der Waals surface area contributed by atoms with Crippen LogP contribution in [-0.2, 0) is 17.0 Å². The lowest BCUT2D eigenvalue weighted by Gasteiger charge is -2.11. The van der Waals surface area contributed by atoms with Gasteiger partial charge < -0.3 is 4.74 Å². The summed E-state index contributed by atoms with van der Waals surface area (Å²) in [6.45, 7) is 3.78. The maximum absolute atomic E-state index is 13.0. The third-order valence-corrected chi connectivity index (χ3v) is 5.44. The molecule has 28 heavy (non-hydrogen) atoms. The molecule has 3 aromatic heterocycles. The first-order chi connectivity index (χ1) is 13.8. The molecule has 0 bridgehead atoms. The van der Waals surface area contributed by atoms with Gasteiger partial charge in [-0.15, -0.1) is 10.2 Å². The Morgan fingerprint density at radius 2 is 2.04 bits per heavy atom. The highest BCUT2D eigenvalue weighted by Crippen LogP contribution is 2.24. The van der Waals surface area contributed by atoms with Crippen LogP contribution < -0.4 is 5.56 Å². The van der Waals surface area contributed by atoms with Crippen LogP contribution in [0.1, 0.15) is 18.9 Å². The maximum atomic E-state index is 13.0. The molecule has 0 unspecified atom stereocenters. The first-order valence-electron chi connectivity index (χ1n) is 9.25. The first kappa shape index (κ1) is 18.6. The van der Waals surface area contributed by atoms with Crippen LogP contribution in [0.25, 0.3) is 16.7 Å². The topological polar surface area (TPSA) is 74.3 Å². The molecule has 0 aliphatic heterocycles. The fourth-order valence-electron chi connectivity index (χ4n) is 3.13. The van der Waals surface area contributed by atoms with Gasteiger partial charge in [-0.3, -0.25) is 18.7 Å². The lowest BCUT2D eigenvalue weighted by molar-refractivity contribution is 0.141. The van der Waals surface area contributed by atoms with Gasteiger partial charge in [-0.05, 0) is 37.1 Å². The molecule has 8 heteroatoms. The van der Waals surface area contributed by atoms with Gasteiger partial charge in [0, 0.05) is 37.9 Å². The van der Waals surface area contributed by atoms with Crippen molar-refractivity contribution < 1.29 is 4.74 Å². The van der Waals surface area contributed by atoms with Gasteiger partial charge in [-0.2, -0.15) is 0 Å². The Kier molecular flexibility index (Phi) is 5.68. The highest BCUT2D eigenvalue weighted by Gasteiger charge is 2.16. The molecule has 0 fully saturated rings. The van der Waals surface area contributed by atoms with Gasteiger partial charge in [0.2, 0.25) is 5.78 Å². The number of thioether (sulfide) groups is 1. The molecule has 0 aliphatic carbocycles. The minimum absolute atomic E-state index is 0.0455. The molecule has 0 N–H and O–H groups in total. The Morgan fingerprint density at radius 1 is 1.14 bits per heavy atom. The van der Waals surface area contributed by atoms with E-state index in [2.05, 4.69) is 15.2 Å². The molecule has 0 aliphatic rings. The number of fused-ring (bicyclic) bond motifs is 3. The molecular weight excluding hydrogens is 374 g/mol. The van der Waals surface area contributed by atoms with Gasteiger partial charge in [0.1, 0.15) is 0 Å². The van der Waals surface area contributed by atoms with Crippen molar-refractivity contribution in [2.45, 2.75) is 30.8 Å². The van der Waals surface area contributed by atoms with Gasteiger partial charge in [0.25, 0.3) is 5.56 Å². The molecule has 0 saturated heterocycles. The molecule has 3 heterocycles. The quantitative estimate of drug-likeness (QED) is 0.337. The van der Waals surface area contributed by atoms with Gasteiger partial charge in [-0.1, -0.05) is 30.0 Å². The third kappa shape index (κ3) is 3.65. The Bertz CT molecular complexity index is 1140. The average molecular weight is 395 g/mol. The number of aryl methyl sites for hydroxylation is 1. The molecule has 7 nitrogen and oxygen atoms in total. The van der Waals surface area contributed by atoms with Crippen molar-refractivity contribution in [3.8, 4) is 0 Å². The van der Waals surface area contributed by atoms with E-state index in [9.17, 15) is 4.79 Å². The molecule has 0 radical (unpaired) electrons. The van der Waals surface area contributed by atoms with E-state index < -0.39 is 0 Å². The van der Waals surface area contributed by atoms with Crippen LogP contribution in [0.4, 0.5) is 0 Å². The third-order valence-electron chi connectivity index (χ3n) is 4.44. The van der Waals surface area contributed by atoms with E-state index in [0.717, 1.165) is 28.4 Å². The second-order valence-electron chi connectivity index (χ2n) is 6.29. The molecule has 1 aromatic carbocycles. The Balaban J connectivity index is 1.76. The Labute approximate surface area is 166 Å². The zero-order valence-corrected chi connectivity index (χ0v) is 16.4. The fourth-order valence-corrected chi connectivity index (χ4v) is 4.00. The molecular formula is C20H21N5O2S. The van der Waals surface area contributed by atoms with Crippen LogP contribution in [0, 0.1) is 0 Å². The summed E-state index contributed by atoms with van der Waals surface area (Å²) >= 11 is 1.58. The van der Waals surface area contributed by atoms with Crippen LogP contribution in [0.2, 0.25) is 0 Å². The summed E-state index contributed by atoms with van der Waals surface area (Å²) in [5.41, 5.74) is 1.89. The molecule has 0 saturated carbocycles. The number of hydrogen-bond acceptors (Lipinski definition) is 6. The van der Waals surface area contributed by atoms with Crippen molar-refractivity contribution in [2.75, 3.05) is 13.2 Å². The van der Waals surface area contributed by atoms with Crippen LogP contribution in [0.3, 0.4) is 0 Å². The van der Waals surface area contributed by atoms with E-state index >= 15 is 0 Å². The summed E-state index contributed by atoms with van der Waals surface area (Å²) in [5, 5.41) is 10.1. The average Bonchev–Trinajstić information content (AvgIpc) is 3.16. The lowest BCUT2D eigenvalue weighted by Crippen LogP contribution is -2.24. The smallest absolute Gasteiger partial charge is 0.262 e. The Hall–Kier alpha value is -2.71. The number of hydrogen-bond donors (Lipinski definition) is 0. The second-order valence-corrected chi connectivity index (χ2v) is 7.23. The van der Waals surface area contributed by atoms with Crippen molar-refractivity contribution in [3.05, 3.63) is 64.7 Å². The van der Waals surface area contributed by atoms with E-state index in [0.29, 0.717) is 30.9 Å². The molecule has 4 rings (SSSR count). The number of ether oxygens (including phenoxy) is 1. The summed E-state index contributed by atoms with van der Waals surface area (Å²) in [4.78, 5) is 17.2. The molecule has 0 amide bonds. The second kappa shape index (κ2) is 8.53. The SMILES string of the molecule is CCOCCCn1c(=O)c2ccccc2n2c(SCc3cccnc3)nnc12. The Morgan fingerprint density at radius 3 is 2.86 bits per heavy atom. The molecule has 0 spiro atoms. The van der Waals surface area contributed by atoms with E-state index in [1.807, 2.05) is 53.9 Å². The van der Waals surface area contributed by atoms with E-state index in [1.165, 1.54) is 0 Å². The minimum atomic E-state index is -0.0455. The van der Waals surface area contributed by atoms with Crippen LogP contribution in [-0.4, -0.2) is 37.4 Å². The highest BCUT2D eigenvalue weighted by atomic mass is 32.2. The fraction of sp³-hybridized carbons (Fsp3) is 0.300. The number of rotatable bonds is 8. The predicted octanol–water partition coefficient (Wildman–Crippen LogP) is 3.16. The largest absolute Gasteiger partial charge is 0.382 e. The predicted molar refractivity (Wildman–Crippen MR) is 110 cm³/mol. The molecule has 144 valence electrons. The van der Waals surface area contributed by atoms with E-state index in [4.69, 9.17) is 4.74 Å². The van der Waals surface area contributed by atoms with Crippen molar-refractivity contribution >= 4 is 28.4 Å². The van der Waals surface area contributed by atoms with Gasteiger partial charge >= 0.3 is 0 Å². The monoisotopic (exact) mass is 395 g/mol. The van der Waals surface area contributed by atoms with E-state index in [1.54, 1.807) is 22.5 Å². The highest BCUT2D eigenvalue weighted by molar-refractivity contribution is 7.98. The minimum Gasteiger partial charge on any atom is -0.382 e. The molecule has 0 atom stereocenters. The summed E-state index contributed by atoms with van der Waals surface area (Å²) in [6.07, 6.45) is 4.35. The number of benzene rings is 1. The molecule has 4 aromatic rings. The van der Waals surface area contributed by atoms with E-state index in [-0.39, 0.29) is 5.56 Å². The summed E-state index contributed by atoms with van der Waals surface area (Å²) < 4.78 is 9.09. The van der Waals surface area contributed by atoms with Crippen LogP contribution >= 0.6 is 11.8 Å². The summed E-state index contributed by atoms with van der Waals surface area (Å²) in [5.74, 6) is 1.29. The van der Waals surface area contributed by atoms with Crippen molar-refractivity contribution in [1.82, 2.24) is 24.1 Å². The van der Waals surface area contributed by atoms with Crippen molar-refractivity contribution in [3.63, 3.8) is 0 Å². The van der Waals surface area contributed by atoms with Gasteiger partial charge in [0.15, 0.2) is 5.16 Å². The number of aromatic nitrogens is 5. The lowest BCUT2D eigenvalue weighted by atomic mass is 10.2. The zero-order chi connectivity index (χ0) is 19.3. The summed E-state index contributed by atoms with van der Waals surface area (Å²) in [7, 11) is 0. The number of nitrogens with zero attached hydrogens (tertiary/aromatic N) is 5. The zero-order valence-electron chi connectivity index (χ0n) is 15.6. The number of para-hydroxylation sites is 1. The van der Waals surface area contributed by atoms with Gasteiger partial charge in [0.05, 0.1) is 10.9 Å². The standard InChI is InChI=1S/C20H21N5O2S/c1-2-27-12-6-11-24-18(26)16-8-3-4-9-17(16)25-19(24)22-23-20(25)28-14-15-7-5-10-21-13-15/h3-5,7-10,13H,2,6,11-12,14H2,1H3. The number of pyridine rings is 1. The maximum Gasteiger partial charge on any atom is 0.262 e. The first-order valence-corrected chi connectivity index (χ1v) is 10.2. The van der Waals surface area contributed by atoms with Crippen molar-refractivity contribution in [2.24, 2.45) is 0 Å². The van der Waals surface area contributed by atoms with Crippen molar-refractivity contribution in [1.29, 1.82) is 0 Å². The van der Waals surface area contributed by atoms with Crippen LogP contribution in [0.5, 0.6) is 0 Å². The summed E-state index contributed by atoms with van der Waals surface area (Å²) in [6, 6.07) is 11.6.